The average molecular weight is 1150 g/mol. The van der Waals surface area contributed by atoms with Crippen LogP contribution in [0.2, 0.25) is 0 Å². The molecular weight excluding hydrogens is 1070 g/mol. The Kier molecular flexibility index (Phi) is 22.7. The van der Waals surface area contributed by atoms with Crippen molar-refractivity contribution in [2.75, 3.05) is 106 Å². The number of nitrogens with zero attached hydrogens (tertiary/aromatic N) is 4. The van der Waals surface area contributed by atoms with Gasteiger partial charge in [-0.25, -0.2) is 9.97 Å². The number of hydrogen-bond acceptors (Lipinski definition) is 12. The predicted octanol–water partition coefficient (Wildman–Crippen LogP) is 12.7. The molecule has 6 aromatic rings. The van der Waals surface area contributed by atoms with E-state index in [4.69, 9.17) is 67.3 Å². The van der Waals surface area contributed by atoms with Crippen LogP contribution in [0.3, 0.4) is 0 Å². The molecule has 6 aliphatic heterocycles. The quantitative estimate of drug-likeness (QED) is 0.154. The second-order valence-electron chi connectivity index (χ2n) is 19.8. The van der Waals surface area contributed by atoms with Gasteiger partial charge in [0.2, 0.25) is 0 Å². The molecule has 0 saturated heterocycles. The minimum Gasteiger partial charge on any atom is -0.657 e. The largest absolute Gasteiger partial charge is 2.00 e. The molecule has 424 valence electrons. The van der Waals surface area contributed by atoms with Gasteiger partial charge in [0.05, 0.1) is 102 Å². The van der Waals surface area contributed by atoms with E-state index in [0.717, 1.165) is 160 Å². The third-order valence-corrected chi connectivity index (χ3v) is 14.9. The van der Waals surface area contributed by atoms with Crippen LogP contribution >= 0.6 is 0 Å². The second kappa shape index (κ2) is 30.2. The predicted molar refractivity (Wildman–Crippen MR) is 317 cm³/mol. The monoisotopic (exact) mass is 1150 g/mol. The van der Waals surface area contributed by atoms with Crippen LogP contribution in [0.25, 0.3) is 66.6 Å². The normalized spacial score (nSPS) is 16.2. The molecule has 0 saturated carbocycles. The van der Waals surface area contributed by atoms with Gasteiger partial charge in [-0.2, -0.15) is 0 Å². The Morgan fingerprint density at radius 2 is 0.716 bits per heavy atom. The first kappa shape index (κ1) is 60.9. The summed E-state index contributed by atoms with van der Waals surface area (Å²) in [6.45, 7) is 24.2. The van der Waals surface area contributed by atoms with Crippen LogP contribution in [0.1, 0.15) is 99.4 Å². The Bertz CT molecular complexity index is 3090. The summed E-state index contributed by atoms with van der Waals surface area (Å²) in [5.74, 6) is 2.93. The molecule has 9 heterocycles. The van der Waals surface area contributed by atoms with E-state index in [2.05, 4.69) is 91.8 Å². The van der Waals surface area contributed by atoms with E-state index in [1.54, 1.807) is 0 Å². The molecule has 0 radical (unpaired) electrons. The number of aromatic nitrogens is 4. The maximum absolute atomic E-state index is 6.64. The van der Waals surface area contributed by atoms with Gasteiger partial charge in [0.15, 0.2) is 0 Å². The van der Waals surface area contributed by atoms with E-state index in [1.165, 1.54) is 0 Å². The van der Waals surface area contributed by atoms with E-state index in [-0.39, 0.29) is 19.5 Å². The van der Waals surface area contributed by atoms with Gasteiger partial charge < -0.3 is 57.3 Å². The van der Waals surface area contributed by atoms with Gasteiger partial charge in [-0.15, -0.1) is 22.1 Å². The Morgan fingerprint density at radius 3 is 1.05 bits per heavy atom. The molecule has 0 spiro atoms. The first-order valence-corrected chi connectivity index (χ1v) is 28.6. The fourth-order valence-corrected chi connectivity index (χ4v) is 10.8. The van der Waals surface area contributed by atoms with Crippen molar-refractivity contribution >= 4 is 44.4 Å². The summed E-state index contributed by atoms with van der Waals surface area (Å²) in [7, 11) is 0. The Morgan fingerprint density at radius 1 is 0.395 bits per heavy atom. The molecule has 0 aliphatic carbocycles. The molecule has 0 amide bonds. The standard InChI is InChI=1S/C66H78N4O10.Zn/c1-9-49-43(5)63-61-53-17-13-15-19-59(53)79-39-35-75-31-27-71-25-29-73-33-37-77-47-21-23-48(24-22-47)78-38-34-74-30-26-72-28-32-76-36-40-80-60-20-16-14-18-54(60)62(65-44(6)50(10-2)56(68-65)41-55(49)67-63)66-46(8)52(12-4)58(70-66)42-57-51(11-3)45(7)64(61)69-57;/h13-24,41-42H,9-12,25-40H2,1-8H3;/q-2;+2. The number of hydrogen-bond donors (Lipinski definition) is 0. The summed E-state index contributed by atoms with van der Waals surface area (Å²) in [6, 6.07) is 28.3. The summed E-state index contributed by atoms with van der Waals surface area (Å²) in [5, 5.41) is 0. The van der Waals surface area contributed by atoms with Crippen LogP contribution in [0.15, 0.2) is 84.9 Å². The number of benzene rings is 3. The van der Waals surface area contributed by atoms with Gasteiger partial charge in [-0.1, -0.05) is 98.5 Å². The number of aryl methyl sites for hydroxylation is 4. The van der Waals surface area contributed by atoms with Crippen molar-refractivity contribution in [1.82, 2.24) is 19.9 Å². The molecule has 3 aromatic carbocycles. The summed E-state index contributed by atoms with van der Waals surface area (Å²) in [5.41, 5.74) is 19.8. The van der Waals surface area contributed by atoms with Crippen LogP contribution < -0.4 is 28.9 Å². The smallest absolute Gasteiger partial charge is 0.657 e. The summed E-state index contributed by atoms with van der Waals surface area (Å²) < 4.78 is 60.1. The van der Waals surface area contributed by atoms with E-state index in [1.807, 2.05) is 48.5 Å². The average Bonchev–Trinajstić information content (AvgIpc) is 4.27. The minimum atomic E-state index is 0. The van der Waals surface area contributed by atoms with Crippen molar-refractivity contribution in [1.29, 1.82) is 0 Å². The number of rotatable bonds is 4. The van der Waals surface area contributed by atoms with E-state index < -0.39 is 0 Å². The van der Waals surface area contributed by atoms with Crippen LogP contribution in [0.4, 0.5) is 0 Å². The molecule has 15 heteroatoms. The molecule has 12 bridgehead atoms. The Balaban J connectivity index is 0.00000860. The number of para-hydroxylation sites is 2. The van der Waals surface area contributed by atoms with Gasteiger partial charge in [-0.3, -0.25) is 0 Å². The van der Waals surface area contributed by atoms with Crippen molar-refractivity contribution in [3.8, 4) is 45.3 Å². The molecule has 12 rings (SSSR count). The molecule has 14 nitrogen and oxygen atoms in total. The van der Waals surface area contributed by atoms with Gasteiger partial charge in [-0.05, 0) is 123 Å². The zero-order chi connectivity index (χ0) is 55.8. The van der Waals surface area contributed by atoms with Gasteiger partial charge in [0.25, 0.3) is 0 Å². The molecule has 3 aromatic heterocycles. The summed E-state index contributed by atoms with van der Waals surface area (Å²) in [6.07, 6.45) is 3.10. The Labute approximate surface area is 490 Å². The third kappa shape index (κ3) is 14.6. The molecule has 6 aliphatic rings. The van der Waals surface area contributed by atoms with Gasteiger partial charge in [0.1, 0.15) is 49.4 Å². The summed E-state index contributed by atoms with van der Waals surface area (Å²) in [4.78, 5) is 22.5. The fraction of sp³-hybridized carbons (Fsp3) is 0.424. The summed E-state index contributed by atoms with van der Waals surface area (Å²) >= 11 is 0. The third-order valence-electron chi connectivity index (χ3n) is 14.9. The molecule has 0 atom stereocenters. The minimum absolute atomic E-state index is 0. The molecular formula is C66H78N4O10Zn. The van der Waals surface area contributed by atoms with Crippen LogP contribution in [-0.2, 0) is 60.7 Å². The van der Waals surface area contributed by atoms with Crippen molar-refractivity contribution in [3.05, 3.63) is 130 Å². The maximum atomic E-state index is 6.64. The fourth-order valence-electron chi connectivity index (χ4n) is 10.8. The van der Waals surface area contributed by atoms with E-state index in [9.17, 15) is 0 Å². The van der Waals surface area contributed by atoms with Crippen molar-refractivity contribution in [3.63, 3.8) is 0 Å². The topological polar surface area (TPSA) is 146 Å². The SMILES string of the molecule is CCC1=C(C)c2nc1cc1[n-]c(c(C)c1CC)c1c3nc(cc4[n-]c(c(C)c4CC)c2-c2ccccc2OCCOCCOCCOCCOc2ccc(cc2)OCCOCCOCCOCCOc2ccccc2-1)C(CC)=C3C.[Zn+2]. The van der Waals surface area contributed by atoms with Gasteiger partial charge >= 0.3 is 19.5 Å². The van der Waals surface area contributed by atoms with Crippen LogP contribution in [0, 0.1) is 13.8 Å². The number of ether oxygens (including phenoxy) is 10. The van der Waals surface area contributed by atoms with Crippen molar-refractivity contribution < 1.29 is 66.8 Å². The van der Waals surface area contributed by atoms with Crippen LogP contribution in [0.5, 0.6) is 23.0 Å². The van der Waals surface area contributed by atoms with Crippen molar-refractivity contribution in [2.24, 2.45) is 0 Å². The number of allylic oxidation sites excluding steroid dienone is 4. The zero-order valence-corrected chi connectivity index (χ0v) is 51.8. The zero-order valence-electron chi connectivity index (χ0n) is 48.8. The van der Waals surface area contributed by atoms with Crippen molar-refractivity contribution in [2.45, 2.75) is 81.1 Å². The van der Waals surface area contributed by atoms with E-state index >= 15 is 0 Å². The first-order chi connectivity index (χ1) is 39.2. The second-order valence-corrected chi connectivity index (χ2v) is 19.8. The first-order valence-electron chi connectivity index (χ1n) is 28.6. The maximum Gasteiger partial charge on any atom is 2.00 e. The molecule has 81 heavy (non-hydrogen) atoms. The molecule has 0 unspecified atom stereocenters. The molecule has 0 N–H and O–H groups in total. The van der Waals surface area contributed by atoms with E-state index in [0.29, 0.717) is 106 Å². The Hall–Kier alpha value is -6.16. The van der Waals surface area contributed by atoms with Crippen LogP contribution in [-0.4, -0.2) is 116 Å². The van der Waals surface area contributed by atoms with Gasteiger partial charge in [0, 0.05) is 11.1 Å². The molecule has 0 fully saturated rings.